The molecule has 0 aromatic heterocycles. The summed E-state index contributed by atoms with van der Waals surface area (Å²) in [7, 11) is 0. The highest BCUT2D eigenvalue weighted by Gasteiger charge is 2.26. The summed E-state index contributed by atoms with van der Waals surface area (Å²) in [5.74, 6) is -0.547. The Morgan fingerprint density at radius 1 is 1.41 bits per heavy atom. The predicted molar refractivity (Wildman–Crippen MR) is 55.8 cm³/mol. The second-order valence-electron chi connectivity index (χ2n) is 3.62. The molecule has 0 saturated heterocycles. The van der Waals surface area contributed by atoms with Crippen LogP contribution in [0.2, 0.25) is 0 Å². The van der Waals surface area contributed by atoms with Crippen LogP contribution in [-0.4, -0.2) is 23.7 Å². The molecular weight excluding hydrogens is 235 g/mol. The van der Waals surface area contributed by atoms with Gasteiger partial charge in [0.25, 0.3) is 5.91 Å². The monoisotopic (exact) mass is 247 g/mol. The molecule has 0 bridgehead atoms. The molecule has 1 rings (SSSR count). The van der Waals surface area contributed by atoms with Gasteiger partial charge >= 0.3 is 6.18 Å². The Labute approximate surface area is 96.3 Å². The van der Waals surface area contributed by atoms with E-state index < -0.39 is 25.0 Å². The molecule has 0 saturated carbocycles. The van der Waals surface area contributed by atoms with Crippen LogP contribution in [0.5, 0.6) is 5.75 Å². The van der Waals surface area contributed by atoms with Gasteiger partial charge in [-0.1, -0.05) is 0 Å². The standard InChI is InChI=1S/C11H12F3NO2/c1-7-6-8(2-3-9(7)16)10(17)15-5-4-11(12,13)14/h2-3,6,16H,4-5H2,1H3,(H,15,17). The van der Waals surface area contributed by atoms with Gasteiger partial charge in [0.15, 0.2) is 0 Å². The minimum Gasteiger partial charge on any atom is -0.508 e. The van der Waals surface area contributed by atoms with Gasteiger partial charge in [0.2, 0.25) is 0 Å². The molecular formula is C11H12F3NO2. The van der Waals surface area contributed by atoms with Crippen LogP contribution in [0.1, 0.15) is 22.3 Å². The topological polar surface area (TPSA) is 49.3 Å². The van der Waals surface area contributed by atoms with Gasteiger partial charge in [0.1, 0.15) is 5.75 Å². The van der Waals surface area contributed by atoms with Crippen molar-refractivity contribution in [2.75, 3.05) is 6.54 Å². The number of rotatable bonds is 3. The molecule has 0 fully saturated rings. The van der Waals surface area contributed by atoms with Crippen molar-refractivity contribution >= 4 is 5.91 Å². The first-order chi connectivity index (χ1) is 7.79. The lowest BCUT2D eigenvalue weighted by atomic mass is 10.1. The number of aryl methyl sites for hydroxylation is 1. The van der Waals surface area contributed by atoms with Gasteiger partial charge in [-0.25, -0.2) is 0 Å². The van der Waals surface area contributed by atoms with E-state index in [1.807, 2.05) is 0 Å². The zero-order valence-corrected chi connectivity index (χ0v) is 9.14. The maximum Gasteiger partial charge on any atom is 0.390 e. The fourth-order valence-electron chi connectivity index (χ4n) is 1.22. The van der Waals surface area contributed by atoms with Crippen LogP contribution < -0.4 is 5.32 Å². The van der Waals surface area contributed by atoms with Crippen LogP contribution in [0.15, 0.2) is 18.2 Å². The number of benzene rings is 1. The SMILES string of the molecule is Cc1cc(C(=O)NCCC(F)(F)F)ccc1O. The van der Waals surface area contributed by atoms with Crippen molar-refractivity contribution in [2.24, 2.45) is 0 Å². The Kier molecular flexibility index (Phi) is 3.98. The number of halogens is 3. The third kappa shape index (κ3) is 4.34. The molecule has 0 aliphatic heterocycles. The van der Waals surface area contributed by atoms with E-state index in [9.17, 15) is 23.1 Å². The summed E-state index contributed by atoms with van der Waals surface area (Å²) in [5.41, 5.74) is 0.718. The number of carbonyl (C=O) groups excluding carboxylic acids is 1. The van der Waals surface area contributed by atoms with Crippen molar-refractivity contribution in [1.29, 1.82) is 0 Å². The number of phenolic OH excluding ortho intramolecular Hbond substituents is 1. The smallest absolute Gasteiger partial charge is 0.390 e. The van der Waals surface area contributed by atoms with Crippen LogP contribution in [0.4, 0.5) is 13.2 Å². The highest BCUT2D eigenvalue weighted by atomic mass is 19.4. The second-order valence-corrected chi connectivity index (χ2v) is 3.62. The summed E-state index contributed by atoms with van der Waals surface area (Å²) >= 11 is 0. The fourth-order valence-corrected chi connectivity index (χ4v) is 1.22. The van der Waals surface area contributed by atoms with Crippen molar-refractivity contribution in [1.82, 2.24) is 5.32 Å². The van der Waals surface area contributed by atoms with Crippen molar-refractivity contribution in [3.8, 4) is 5.75 Å². The second kappa shape index (κ2) is 5.07. The van der Waals surface area contributed by atoms with Gasteiger partial charge in [-0.15, -0.1) is 0 Å². The van der Waals surface area contributed by atoms with E-state index in [1.54, 1.807) is 6.92 Å². The van der Waals surface area contributed by atoms with Crippen molar-refractivity contribution in [2.45, 2.75) is 19.5 Å². The lowest BCUT2D eigenvalue weighted by Gasteiger charge is -2.08. The van der Waals surface area contributed by atoms with Crippen LogP contribution >= 0.6 is 0 Å². The number of hydrogen-bond acceptors (Lipinski definition) is 2. The zero-order chi connectivity index (χ0) is 13.1. The molecule has 3 nitrogen and oxygen atoms in total. The average molecular weight is 247 g/mol. The van der Waals surface area contributed by atoms with E-state index in [0.717, 1.165) is 0 Å². The van der Waals surface area contributed by atoms with E-state index in [-0.39, 0.29) is 11.3 Å². The number of alkyl halides is 3. The van der Waals surface area contributed by atoms with E-state index in [1.165, 1.54) is 18.2 Å². The number of amides is 1. The summed E-state index contributed by atoms with van der Waals surface area (Å²) in [4.78, 5) is 11.4. The number of carbonyl (C=O) groups is 1. The van der Waals surface area contributed by atoms with E-state index in [4.69, 9.17) is 0 Å². The van der Waals surface area contributed by atoms with Gasteiger partial charge in [0, 0.05) is 12.1 Å². The van der Waals surface area contributed by atoms with Gasteiger partial charge in [-0.05, 0) is 30.7 Å². The average Bonchev–Trinajstić information content (AvgIpc) is 2.20. The number of hydrogen-bond donors (Lipinski definition) is 2. The summed E-state index contributed by atoms with van der Waals surface area (Å²) in [6.45, 7) is 1.14. The molecule has 6 heteroatoms. The molecule has 1 amide bonds. The van der Waals surface area contributed by atoms with Gasteiger partial charge < -0.3 is 10.4 Å². The lowest BCUT2D eigenvalue weighted by molar-refractivity contribution is -0.132. The molecule has 2 N–H and O–H groups in total. The molecule has 0 aliphatic rings. The minimum absolute atomic E-state index is 0.0387. The normalized spacial score (nSPS) is 11.3. The highest BCUT2D eigenvalue weighted by molar-refractivity contribution is 5.94. The third-order valence-electron chi connectivity index (χ3n) is 2.15. The summed E-state index contributed by atoms with van der Waals surface area (Å²) < 4.78 is 35.5. The lowest BCUT2D eigenvalue weighted by Crippen LogP contribution is -2.27. The van der Waals surface area contributed by atoms with Gasteiger partial charge in [-0.3, -0.25) is 4.79 Å². The van der Waals surface area contributed by atoms with Crippen molar-refractivity contribution < 1.29 is 23.1 Å². The Morgan fingerprint density at radius 2 is 2.06 bits per heavy atom. The third-order valence-corrected chi connectivity index (χ3v) is 2.15. The van der Waals surface area contributed by atoms with E-state index >= 15 is 0 Å². The predicted octanol–water partition coefficient (Wildman–Crippen LogP) is 2.38. The largest absolute Gasteiger partial charge is 0.508 e. The molecule has 0 spiro atoms. The summed E-state index contributed by atoms with van der Waals surface area (Å²) in [5, 5.41) is 11.4. The molecule has 0 heterocycles. The van der Waals surface area contributed by atoms with Crippen LogP contribution in [0.25, 0.3) is 0 Å². The number of phenols is 1. The Bertz CT molecular complexity index is 416. The Morgan fingerprint density at radius 3 is 2.59 bits per heavy atom. The molecule has 0 aliphatic carbocycles. The molecule has 1 aromatic rings. The first-order valence-electron chi connectivity index (χ1n) is 4.94. The molecule has 94 valence electrons. The quantitative estimate of drug-likeness (QED) is 0.861. The minimum atomic E-state index is -4.28. The molecule has 0 unspecified atom stereocenters. The van der Waals surface area contributed by atoms with Crippen LogP contribution in [-0.2, 0) is 0 Å². The van der Waals surface area contributed by atoms with Crippen LogP contribution in [0.3, 0.4) is 0 Å². The molecule has 17 heavy (non-hydrogen) atoms. The molecule has 1 aromatic carbocycles. The summed E-state index contributed by atoms with van der Waals surface area (Å²) in [6, 6.07) is 4.09. The number of nitrogens with one attached hydrogen (secondary N) is 1. The molecule has 0 radical (unpaired) electrons. The molecule has 0 atom stereocenters. The fraction of sp³-hybridized carbons (Fsp3) is 0.364. The van der Waals surface area contributed by atoms with Crippen molar-refractivity contribution in [3.63, 3.8) is 0 Å². The van der Waals surface area contributed by atoms with Crippen molar-refractivity contribution in [3.05, 3.63) is 29.3 Å². The van der Waals surface area contributed by atoms with Gasteiger partial charge in [0.05, 0.1) is 6.42 Å². The first kappa shape index (κ1) is 13.3. The Balaban J connectivity index is 2.56. The van der Waals surface area contributed by atoms with Crippen LogP contribution in [0, 0.1) is 6.92 Å². The van der Waals surface area contributed by atoms with E-state index in [0.29, 0.717) is 5.56 Å². The number of aromatic hydroxyl groups is 1. The summed E-state index contributed by atoms with van der Waals surface area (Å²) in [6.07, 6.45) is -5.34. The maximum absolute atomic E-state index is 11.8. The van der Waals surface area contributed by atoms with Gasteiger partial charge in [-0.2, -0.15) is 13.2 Å². The highest BCUT2D eigenvalue weighted by Crippen LogP contribution is 2.19. The van der Waals surface area contributed by atoms with E-state index in [2.05, 4.69) is 5.32 Å². The maximum atomic E-state index is 11.8. The zero-order valence-electron chi connectivity index (χ0n) is 9.14. The first-order valence-corrected chi connectivity index (χ1v) is 4.94. The Hall–Kier alpha value is -1.72.